The second-order valence-corrected chi connectivity index (χ2v) is 8.65. The summed E-state index contributed by atoms with van der Waals surface area (Å²) in [5.74, 6) is -1.48. The van der Waals surface area contributed by atoms with Crippen molar-refractivity contribution in [2.24, 2.45) is 4.99 Å². The van der Waals surface area contributed by atoms with Gasteiger partial charge in [-0.05, 0) is 36.3 Å². The number of ether oxygens (including phenoxy) is 2. The first-order chi connectivity index (χ1) is 12.8. The molecule has 1 aromatic carbocycles. The largest absolute Gasteiger partial charge is 0.507 e. The predicted octanol–water partition coefficient (Wildman–Crippen LogP) is 3.90. The van der Waals surface area contributed by atoms with Crippen molar-refractivity contribution in [3.63, 3.8) is 0 Å². The molecule has 0 aliphatic heterocycles. The van der Waals surface area contributed by atoms with Gasteiger partial charge in [0.2, 0.25) is 6.04 Å². The smallest absolute Gasteiger partial charge is 0.342 e. The van der Waals surface area contributed by atoms with E-state index in [2.05, 4.69) is 25.8 Å². The maximum Gasteiger partial charge on any atom is 0.342 e. The third kappa shape index (κ3) is 6.08. The lowest BCUT2D eigenvalue weighted by molar-refractivity contribution is -0.156. The third-order valence-electron chi connectivity index (χ3n) is 4.20. The van der Waals surface area contributed by atoms with Crippen LogP contribution in [0, 0.1) is 0 Å². The van der Waals surface area contributed by atoms with Gasteiger partial charge in [0.25, 0.3) is 0 Å². The van der Waals surface area contributed by atoms with Gasteiger partial charge in [0.05, 0.1) is 13.2 Å². The molecule has 0 heterocycles. The molecule has 1 aromatic rings. The summed E-state index contributed by atoms with van der Waals surface area (Å²) in [4.78, 5) is 28.3. The van der Waals surface area contributed by atoms with Crippen molar-refractivity contribution in [3.05, 3.63) is 28.8 Å². The second kappa shape index (κ2) is 9.22. The lowest BCUT2D eigenvalue weighted by atomic mass is 9.79. The van der Waals surface area contributed by atoms with E-state index in [4.69, 9.17) is 9.47 Å². The van der Waals surface area contributed by atoms with E-state index < -0.39 is 18.0 Å². The van der Waals surface area contributed by atoms with Gasteiger partial charge in [-0.25, -0.2) is 9.59 Å². The maximum absolute atomic E-state index is 12.1. The topological polar surface area (TPSA) is 85.2 Å². The number of carbonyl (C=O) groups is 2. The number of benzene rings is 1. The highest BCUT2D eigenvalue weighted by atomic mass is 16.6. The summed E-state index contributed by atoms with van der Waals surface area (Å²) in [5.41, 5.74) is 1.77. The van der Waals surface area contributed by atoms with Crippen LogP contribution in [0.25, 0.3) is 0 Å². The number of phenols is 1. The molecule has 0 saturated carbocycles. The first kappa shape index (κ1) is 23.7. The van der Waals surface area contributed by atoms with Gasteiger partial charge >= 0.3 is 11.9 Å². The molecule has 6 nitrogen and oxygen atoms in total. The van der Waals surface area contributed by atoms with Crippen LogP contribution >= 0.6 is 0 Å². The Labute approximate surface area is 168 Å². The summed E-state index contributed by atoms with van der Waals surface area (Å²) in [7, 11) is 0. The maximum atomic E-state index is 12.1. The predicted molar refractivity (Wildman–Crippen MR) is 110 cm³/mol. The molecule has 0 saturated heterocycles. The molecular weight excluding hydrogens is 358 g/mol. The van der Waals surface area contributed by atoms with E-state index >= 15 is 0 Å². The Kier molecular flexibility index (Phi) is 7.79. The fraction of sp³-hybridized carbons (Fsp3) is 0.591. The van der Waals surface area contributed by atoms with E-state index in [0.717, 1.165) is 11.1 Å². The first-order valence-electron chi connectivity index (χ1n) is 9.57. The van der Waals surface area contributed by atoms with Crippen molar-refractivity contribution in [2.75, 3.05) is 13.2 Å². The Morgan fingerprint density at radius 1 is 1.00 bits per heavy atom. The van der Waals surface area contributed by atoms with Gasteiger partial charge in [-0.15, -0.1) is 0 Å². The van der Waals surface area contributed by atoms with Gasteiger partial charge in [-0.2, -0.15) is 0 Å². The summed E-state index contributed by atoms with van der Waals surface area (Å²) in [6.45, 7) is 15.8. The molecule has 0 aromatic heterocycles. The molecule has 0 aliphatic rings. The molecule has 0 amide bonds. The van der Waals surface area contributed by atoms with Crippen molar-refractivity contribution in [1.82, 2.24) is 0 Å². The van der Waals surface area contributed by atoms with E-state index in [1.54, 1.807) is 13.8 Å². The van der Waals surface area contributed by atoms with Gasteiger partial charge in [0.15, 0.2) is 0 Å². The molecule has 0 aliphatic carbocycles. The van der Waals surface area contributed by atoms with E-state index in [9.17, 15) is 14.7 Å². The minimum Gasteiger partial charge on any atom is -0.507 e. The number of carbonyl (C=O) groups excluding carboxylic acids is 2. The molecule has 6 heteroatoms. The van der Waals surface area contributed by atoms with Gasteiger partial charge in [0, 0.05) is 17.3 Å². The fourth-order valence-electron chi connectivity index (χ4n) is 2.58. The number of aliphatic imine (C=N–C) groups is 1. The minimum atomic E-state index is -1.42. The van der Waals surface area contributed by atoms with Crippen LogP contribution < -0.4 is 0 Å². The Balaban J connectivity index is 3.47. The van der Waals surface area contributed by atoms with Crippen molar-refractivity contribution < 1.29 is 24.2 Å². The summed E-state index contributed by atoms with van der Waals surface area (Å²) in [5, 5.41) is 10.8. The van der Waals surface area contributed by atoms with Crippen molar-refractivity contribution in [2.45, 2.75) is 72.3 Å². The fourth-order valence-corrected chi connectivity index (χ4v) is 2.58. The molecule has 0 spiro atoms. The van der Waals surface area contributed by atoms with E-state index in [1.807, 2.05) is 32.9 Å². The third-order valence-corrected chi connectivity index (χ3v) is 4.20. The SMILES string of the molecule is CCOC(=O)C(/N=C/c1cc(C(C)(C)C)cc(C(C)(C)C)c1O)C(=O)OCC. The number of phenolic OH excluding ortho intramolecular Hbond substituents is 1. The van der Waals surface area contributed by atoms with Gasteiger partial charge in [0.1, 0.15) is 5.75 Å². The number of esters is 2. The van der Waals surface area contributed by atoms with Crippen molar-refractivity contribution >= 4 is 18.2 Å². The van der Waals surface area contributed by atoms with Gasteiger partial charge in [-0.1, -0.05) is 47.6 Å². The van der Waals surface area contributed by atoms with E-state index in [1.165, 1.54) is 6.21 Å². The molecule has 0 atom stereocenters. The lowest BCUT2D eigenvalue weighted by Gasteiger charge is -2.27. The molecule has 156 valence electrons. The van der Waals surface area contributed by atoms with Crippen LogP contribution in [0.5, 0.6) is 5.75 Å². The molecule has 1 rings (SSSR count). The van der Waals surface area contributed by atoms with Gasteiger partial charge < -0.3 is 14.6 Å². The highest BCUT2D eigenvalue weighted by molar-refractivity contribution is 6.01. The average molecular weight is 392 g/mol. The summed E-state index contributed by atoms with van der Waals surface area (Å²) in [6.07, 6.45) is 1.35. The molecule has 0 radical (unpaired) electrons. The van der Waals surface area contributed by atoms with Crippen LogP contribution in [0.2, 0.25) is 0 Å². The van der Waals surface area contributed by atoms with Crippen LogP contribution in [0.1, 0.15) is 72.1 Å². The Bertz CT molecular complexity index is 721. The highest BCUT2D eigenvalue weighted by Gasteiger charge is 2.29. The first-order valence-corrected chi connectivity index (χ1v) is 9.57. The Morgan fingerprint density at radius 3 is 1.89 bits per heavy atom. The molecule has 0 unspecified atom stereocenters. The van der Waals surface area contributed by atoms with Crippen LogP contribution in [0.15, 0.2) is 17.1 Å². The van der Waals surface area contributed by atoms with Crippen LogP contribution in [-0.2, 0) is 29.9 Å². The van der Waals surface area contributed by atoms with Crippen LogP contribution in [-0.4, -0.2) is 42.5 Å². The lowest BCUT2D eigenvalue weighted by Crippen LogP contribution is -2.32. The standard InChI is InChI=1S/C22H33NO5/c1-9-27-19(25)17(20(26)28-10-2)23-13-14-11-15(21(3,4)5)12-16(18(14)24)22(6,7)8/h11-13,17,24H,9-10H2,1-8H3/b23-13+. The minimum absolute atomic E-state index is 0.0794. The summed E-state index contributed by atoms with van der Waals surface area (Å²) < 4.78 is 9.86. The zero-order chi connectivity index (χ0) is 21.7. The second-order valence-electron chi connectivity index (χ2n) is 8.65. The molecule has 28 heavy (non-hydrogen) atoms. The van der Waals surface area contributed by atoms with Crippen LogP contribution in [0.3, 0.4) is 0 Å². The molecule has 1 N–H and O–H groups in total. The quantitative estimate of drug-likeness (QED) is 0.452. The summed E-state index contributed by atoms with van der Waals surface area (Å²) >= 11 is 0. The number of hydrogen-bond donors (Lipinski definition) is 1. The molecule has 0 fully saturated rings. The van der Waals surface area contributed by atoms with Crippen molar-refractivity contribution in [3.8, 4) is 5.75 Å². The number of rotatable bonds is 6. The number of aromatic hydroxyl groups is 1. The Morgan fingerprint density at radius 2 is 1.50 bits per heavy atom. The highest BCUT2D eigenvalue weighted by Crippen LogP contribution is 2.37. The number of hydrogen-bond acceptors (Lipinski definition) is 6. The zero-order valence-electron chi connectivity index (χ0n) is 18.3. The van der Waals surface area contributed by atoms with Crippen LogP contribution in [0.4, 0.5) is 0 Å². The average Bonchev–Trinajstić information content (AvgIpc) is 2.54. The van der Waals surface area contributed by atoms with E-state index in [-0.39, 0.29) is 29.8 Å². The van der Waals surface area contributed by atoms with E-state index in [0.29, 0.717) is 5.56 Å². The van der Waals surface area contributed by atoms with Crippen molar-refractivity contribution in [1.29, 1.82) is 0 Å². The Hall–Kier alpha value is -2.37. The normalized spacial score (nSPS) is 12.5. The van der Waals surface area contributed by atoms with Gasteiger partial charge in [-0.3, -0.25) is 4.99 Å². The molecule has 0 bridgehead atoms. The zero-order valence-corrected chi connectivity index (χ0v) is 18.3. The summed E-state index contributed by atoms with van der Waals surface area (Å²) in [6, 6.07) is 2.39. The monoisotopic (exact) mass is 391 g/mol. The molecular formula is C22H33NO5. The number of nitrogens with zero attached hydrogens (tertiary/aromatic N) is 1.